The van der Waals surface area contributed by atoms with E-state index in [0.717, 1.165) is 33.6 Å². The van der Waals surface area contributed by atoms with Gasteiger partial charge in [0, 0.05) is 49.0 Å². The largest absolute Gasteiger partial charge is 0.362 e. The molecule has 4 aromatic rings. The van der Waals surface area contributed by atoms with Gasteiger partial charge < -0.3 is 15.6 Å². The van der Waals surface area contributed by atoms with Crippen molar-refractivity contribution in [1.29, 1.82) is 0 Å². The zero-order chi connectivity index (χ0) is 27.5. The highest BCUT2D eigenvalue weighted by atomic mass is 19.2. The first kappa shape index (κ1) is 25.4. The first-order valence-corrected chi connectivity index (χ1v) is 12.0. The van der Waals surface area contributed by atoms with Crippen molar-refractivity contribution in [2.45, 2.75) is 0 Å². The molecule has 8 nitrogen and oxygen atoms in total. The second-order valence-corrected chi connectivity index (χ2v) is 8.75. The van der Waals surface area contributed by atoms with Crippen LogP contribution in [-0.2, 0) is 4.79 Å². The number of anilines is 2. The monoisotopic (exact) mass is 527 g/mol. The molecule has 0 unspecified atom stereocenters. The summed E-state index contributed by atoms with van der Waals surface area (Å²) in [5, 5.41) is 6.85. The van der Waals surface area contributed by atoms with E-state index >= 15 is 0 Å². The molecular formula is C29H23F2N5O3. The third-order valence-electron chi connectivity index (χ3n) is 6.21. The Kier molecular flexibility index (Phi) is 6.92. The third-order valence-corrected chi connectivity index (χ3v) is 6.21. The van der Waals surface area contributed by atoms with Gasteiger partial charge in [-0.3, -0.25) is 19.4 Å². The van der Waals surface area contributed by atoms with E-state index in [0.29, 0.717) is 11.3 Å². The van der Waals surface area contributed by atoms with Crippen LogP contribution in [0.25, 0.3) is 17.7 Å². The summed E-state index contributed by atoms with van der Waals surface area (Å²) < 4.78 is 28.1. The molecule has 0 spiro atoms. The number of halogens is 2. The Labute approximate surface area is 221 Å². The summed E-state index contributed by atoms with van der Waals surface area (Å²) in [6, 6.07) is 15.4. The summed E-state index contributed by atoms with van der Waals surface area (Å²) in [5.74, 6) is -2.82. The predicted molar refractivity (Wildman–Crippen MR) is 146 cm³/mol. The van der Waals surface area contributed by atoms with Crippen molar-refractivity contribution in [3.63, 3.8) is 0 Å². The average Bonchev–Trinajstić information content (AvgIpc) is 3.55. The lowest BCUT2D eigenvalue weighted by Gasteiger charge is -2.22. The van der Waals surface area contributed by atoms with Crippen LogP contribution in [-0.4, -0.2) is 35.1 Å². The number of aromatic nitrogens is 2. The van der Waals surface area contributed by atoms with E-state index in [-0.39, 0.29) is 23.7 Å². The minimum absolute atomic E-state index is 0.109. The van der Waals surface area contributed by atoms with Crippen LogP contribution >= 0.6 is 0 Å². The Bertz CT molecular complexity index is 1690. The highest BCUT2D eigenvalue weighted by Gasteiger charge is 2.24. The van der Waals surface area contributed by atoms with Crippen LogP contribution in [0.2, 0.25) is 0 Å². The molecule has 2 aromatic heterocycles. The number of amides is 2. The van der Waals surface area contributed by atoms with E-state index in [9.17, 15) is 23.2 Å². The molecule has 10 heteroatoms. The van der Waals surface area contributed by atoms with E-state index in [2.05, 4.69) is 15.6 Å². The summed E-state index contributed by atoms with van der Waals surface area (Å²) in [5.41, 5.74) is 3.21. The maximum Gasteiger partial charge on any atom is 0.282 e. The number of pyridine rings is 1. The molecule has 3 heterocycles. The Hall–Kier alpha value is -5.25. The zero-order valence-corrected chi connectivity index (χ0v) is 20.7. The molecule has 0 atom stereocenters. The van der Waals surface area contributed by atoms with E-state index < -0.39 is 23.1 Å². The van der Waals surface area contributed by atoms with Gasteiger partial charge >= 0.3 is 0 Å². The van der Waals surface area contributed by atoms with Crippen molar-refractivity contribution in [2.24, 2.45) is 0 Å². The first-order valence-electron chi connectivity index (χ1n) is 12.0. The molecule has 0 saturated carbocycles. The number of aromatic amines is 1. The van der Waals surface area contributed by atoms with Crippen molar-refractivity contribution in [3.8, 4) is 0 Å². The van der Waals surface area contributed by atoms with Crippen LogP contribution < -0.4 is 21.2 Å². The molecule has 0 saturated heterocycles. The second kappa shape index (κ2) is 10.6. The summed E-state index contributed by atoms with van der Waals surface area (Å²) in [4.78, 5) is 41.1. The van der Waals surface area contributed by atoms with Gasteiger partial charge in [0.1, 0.15) is 5.56 Å². The van der Waals surface area contributed by atoms with Crippen molar-refractivity contribution in [2.75, 3.05) is 23.9 Å². The van der Waals surface area contributed by atoms with Gasteiger partial charge in [-0.25, -0.2) is 13.5 Å². The van der Waals surface area contributed by atoms with E-state index in [4.69, 9.17) is 0 Å². The normalized spacial score (nSPS) is 13.5. The van der Waals surface area contributed by atoms with Gasteiger partial charge in [-0.2, -0.15) is 0 Å². The maximum atomic E-state index is 13.6. The van der Waals surface area contributed by atoms with E-state index in [1.165, 1.54) is 36.5 Å². The zero-order valence-electron chi connectivity index (χ0n) is 20.7. The highest BCUT2D eigenvalue weighted by molar-refractivity contribution is 6.34. The fraction of sp³-hybridized carbons (Fsp3) is 0.0690. The molecule has 5 rings (SSSR count). The SMILES string of the molecule is CN(c1ccc(F)c(F)c1)n1cccc(C(=O)NCC=Cc2ccc3c(c2)NC(=O)C3=Cc2ccc[nH]2)c1=O. The molecule has 39 heavy (non-hydrogen) atoms. The van der Waals surface area contributed by atoms with Gasteiger partial charge in [0.25, 0.3) is 17.4 Å². The van der Waals surface area contributed by atoms with Crippen LogP contribution in [0.3, 0.4) is 0 Å². The maximum absolute atomic E-state index is 13.6. The van der Waals surface area contributed by atoms with Crippen molar-refractivity contribution in [3.05, 3.63) is 124 Å². The minimum Gasteiger partial charge on any atom is -0.362 e. The number of benzene rings is 2. The molecule has 0 fully saturated rings. The van der Waals surface area contributed by atoms with Crippen molar-refractivity contribution in [1.82, 2.24) is 15.0 Å². The summed E-state index contributed by atoms with van der Waals surface area (Å²) >= 11 is 0. The van der Waals surface area contributed by atoms with Gasteiger partial charge in [-0.05, 0) is 54.1 Å². The van der Waals surface area contributed by atoms with Crippen LogP contribution in [0.4, 0.5) is 20.2 Å². The molecule has 0 radical (unpaired) electrons. The number of hydrogen-bond acceptors (Lipinski definition) is 4. The lowest BCUT2D eigenvalue weighted by atomic mass is 10.0. The molecule has 1 aliphatic heterocycles. The predicted octanol–water partition coefficient (Wildman–Crippen LogP) is 4.29. The fourth-order valence-corrected chi connectivity index (χ4v) is 4.19. The summed E-state index contributed by atoms with van der Waals surface area (Å²) in [7, 11) is 1.50. The Balaban J connectivity index is 1.24. The Morgan fingerprint density at radius 2 is 1.90 bits per heavy atom. The topological polar surface area (TPSA) is 99.2 Å². The number of hydrogen-bond donors (Lipinski definition) is 3. The molecule has 0 aliphatic carbocycles. The van der Waals surface area contributed by atoms with Gasteiger partial charge in [-0.1, -0.05) is 24.3 Å². The molecular weight excluding hydrogens is 504 g/mol. The average molecular weight is 528 g/mol. The number of rotatable bonds is 7. The number of fused-ring (bicyclic) bond motifs is 1. The number of nitrogens with one attached hydrogen (secondary N) is 3. The Morgan fingerprint density at radius 1 is 1.05 bits per heavy atom. The highest BCUT2D eigenvalue weighted by Crippen LogP contribution is 2.33. The number of H-pyrrole nitrogens is 1. The first-order chi connectivity index (χ1) is 18.8. The third kappa shape index (κ3) is 5.26. The fourth-order valence-electron chi connectivity index (χ4n) is 4.19. The van der Waals surface area contributed by atoms with Gasteiger partial charge in [-0.15, -0.1) is 0 Å². The molecule has 2 aromatic carbocycles. The van der Waals surface area contributed by atoms with Crippen molar-refractivity contribution >= 4 is 40.9 Å². The standard InChI is InChI=1S/C29H23F2N5O3/c1-35(20-9-11-24(30)25(31)17-20)36-14-4-7-22(29(36)39)27(37)33-13-2-5-18-8-10-21-23(16-19-6-3-12-32-19)28(38)34-26(21)15-18/h2-12,14-17,32H,13H2,1H3,(H,33,37)(H,34,38). The van der Waals surface area contributed by atoms with E-state index in [1.807, 2.05) is 30.3 Å². The van der Waals surface area contributed by atoms with Crippen LogP contribution in [0.5, 0.6) is 0 Å². The molecule has 196 valence electrons. The minimum atomic E-state index is -1.05. The number of carbonyl (C=O) groups excluding carboxylic acids is 2. The lowest BCUT2D eigenvalue weighted by Crippen LogP contribution is -2.39. The van der Waals surface area contributed by atoms with Gasteiger partial charge in [0.15, 0.2) is 11.6 Å². The van der Waals surface area contributed by atoms with Crippen LogP contribution in [0, 0.1) is 11.6 Å². The molecule has 2 amide bonds. The van der Waals surface area contributed by atoms with Crippen molar-refractivity contribution < 1.29 is 18.4 Å². The molecule has 1 aliphatic rings. The molecule has 3 N–H and O–H groups in total. The van der Waals surface area contributed by atoms with Gasteiger partial charge in [0.2, 0.25) is 0 Å². The summed E-state index contributed by atoms with van der Waals surface area (Å²) in [6.45, 7) is 0.146. The van der Waals surface area contributed by atoms with Gasteiger partial charge in [0.05, 0.1) is 11.3 Å². The van der Waals surface area contributed by atoms with E-state index in [1.54, 1.807) is 24.4 Å². The second-order valence-electron chi connectivity index (χ2n) is 8.75. The Morgan fingerprint density at radius 3 is 2.67 bits per heavy atom. The number of nitrogens with zero attached hydrogens (tertiary/aromatic N) is 2. The molecule has 0 bridgehead atoms. The lowest BCUT2D eigenvalue weighted by molar-refractivity contribution is -0.110. The van der Waals surface area contributed by atoms with Crippen LogP contribution in [0.1, 0.15) is 27.2 Å². The summed E-state index contributed by atoms with van der Waals surface area (Å²) in [6.07, 6.45) is 8.51. The van der Waals surface area contributed by atoms with Crippen LogP contribution in [0.15, 0.2) is 83.9 Å². The smallest absolute Gasteiger partial charge is 0.282 e. The quantitative estimate of drug-likeness (QED) is 0.312. The number of carbonyl (C=O) groups is 2.